The topological polar surface area (TPSA) is 72.2 Å². The van der Waals surface area contributed by atoms with Gasteiger partial charge in [-0.25, -0.2) is 0 Å². The van der Waals surface area contributed by atoms with Gasteiger partial charge in [-0.2, -0.15) is 22.8 Å². The summed E-state index contributed by atoms with van der Waals surface area (Å²) >= 11 is 1.10. The molecule has 0 aliphatic carbocycles. The van der Waals surface area contributed by atoms with Crippen LogP contribution in [-0.2, 0) is 11.0 Å². The molecule has 2 aromatic heterocycles. The number of carbonyl (C=O) groups excluding carboxylic acids is 1. The average molecular weight is 429 g/mol. The number of benzene rings is 2. The van der Waals surface area contributed by atoms with E-state index in [0.717, 1.165) is 23.4 Å². The van der Waals surface area contributed by atoms with Crippen molar-refractivity contribution in [3.63, 3.8) is 0 Å². The lowest BCUT2D eigenvalue weighted by molar-refractivity contribution is -0.137. The zero-order valence-electron chi connectivity index (χ0n) is 15.3. The van der Waals surface area contributed by atoms with Gasteiger partial charge < -0.3 is 5.32 Å². The average Bonchev–Trinajstić information content (AvgIpc) is 3.16. The molecule has 2 aromatic carbocycles. The van der Waals surface area contributed by atoms with Crippen molar-refractivity contribution in [2.75, 3.05) is 11.1 Å². The fourth-order valence-electron chi connectivity index (χ4n) is 2.78. The Balaban J connectivity index is 1.49. The number of hydrogen-bond acceptors (Lipinski definition) is 5. The number of nitrogens with one attached hydrogen (secondary N) is 1. The normalized spacial score (nSPS) is 11.6. The molecule has 4 rings (SSSR count). The highest BCUT2D eigenvalue weighted by atomic mass is 32.2. The second kappa shape index (κ2) is 8.15. The second-order valence-corrected chi connectivity index (χ2v) is 7.21. The quantitative estimate of drug-likeness (QED) is 0.472. The lowest BCUT2D eigenvalue weighted by Gasteiger charge is -2.13. The molecule has 0 saturated heterocycles. The Labute approximate surface area is 173 Å². The van der Waals surface area contributed by atoms with Crippen LogP contribution in [0.15, 0.2) is 71.8 Å². The van der Waals surface area contributed by atoms with E-state index in [1.165, 1.54) is 18.2 Å². The molecule has 30 heavy (non-hydrogen) atoms. The summed E-state index contributed by atoms with van der Waals surface area (Å²) in [6.07, 6.45) is -4.55. The predicted octanol–water partition coefficient (Wildman–Crippen LogP) is 4.54. The highest BCUT2D eigenvalue weighted by Crippen LogP contribution is 2.34. The molecule has 0 unspecified atom stereocenters. The van der Waals surface area contributed by atoms with Crippen LogP contribution in [0.1, 0.15) is 5.56 Å². The Morgan fingerprint density at radius 3 is 2.47 bits per heavy atom. The maximum absolute atomic E-state index is 13.1. The van der Waals surface area contributed by atoms with E-state index in [9.17, 15) is 18.0 Å². The van der Waals surface area contributed by atoms with Crippen LogP contribution >= 0.6 is 11.8 Å². The van der Waals surface area contributed by atoms with Crippen molar-refractivity contribution in [3.05, 3.63) is 72.3 Å². The Morgan fingerprint density at radius 2 is 1.70 bits per heavy atom. The zero-order chi connectivity index (χ0) is 21.1. The molecule has 0 atom stereocenters. The Morgan fingerprint density at radius 1 is 0.967 bits per heavy atom. The summed E-state index contributed by atoms with van der Waals surface area (Å²) in [5, 5.41) is 15.5. The number of anilines is 1. The summed E-state index contributed by atoms with van der Waals surface area (Å²) in [5.41, 5.74) is 0.215. The number of para-hydroxylation sites is 1. The van der Waals surface area contributed by atoms with Crippen LogP contribution in [0.5, 0.6) is 0 Å². The summed E-state index contributed by atoms with van der Waals surface area (Å²) in [7, 11) is 0. The first-order valence-corrected chi connectivity index (χ1v) is 9.77. The van der Waals surface area contributed by atoms with E-state index in [1.54, 1.807) is 16.6 Å². The summed E-state index contributed by atoms with van der Waals surface area (Å²) < 4.78 is 40.8. The van der Waals surface area contributed by atoms with Gasteiger partial charge in [0.05, 0.1) is 17.0 Å². The highest BCUT2D eigenvalue weighted by molar-refractivity contribution is 7.99. The molecule has 6 nitrogen and oxygen atoms in total. The van der Waals surface area contributed by atoms with Crippen molar-refractivity contribution >= 4 is 29.0 Å². The molecule has 2 heterocycles. The van der Waals surface area contributed by atoms with Gasteiger partial charge in [0, 0.05) is 5.56 Å². The fraction of sp³-hybridized carbons (Fsp3) is 0.100. The third-order valence-corrected chi connectivity index (χ3v) is 5.05. The number of hydrogen-bond donors (Lipinski definition) is 1. The van der Waals surface area contributed by atoms with Crippen LogP contribution in [-0.4, -0.2) is 31.5 Å². The summed E-state index contributed by atoms with van der Waals surface area (Å²) in [5.74, 6) is -0.115. The van der Waals surface area contributed by atoms with Gasteiger partial charge in [0.1, 0.15) is 5.03 Å². The number of rotatable bonds is 5. The standard InChI is InChI=1S/C20H14F3N5OS/c21-20(22,23)14-8-4-5-9-15(14)24-17(29)12-30-18-11-10-16-25-26-19(28(16)27-18)13-6-2-1-3-7-13/h1-11H,12H2,(H,24,29). The molecule has 0 aliphatic heterocycles. The number of alkyl halides is 3. The minimum Gasteiger partial charge on any atom is -0.325 e. The zero-order valence-corrected chi connectivity index (χ0v) is 16.1. The number of aromatic nitrogens is 4. The summed E-state index contributed by atoms with van der Waals surface area (Å²) in [6.45, 7) is 0. The minimum absolute atomic E-state index is 0.104. The van der Waals surface area contributed by atoms with E-state index < -0.39 is 17.6 Å². The summed E-state index contributed by atoms with van der Waals surface area (Å²) in [4.78, 5) is 12.2. The number of halogens is 3. The Bertz CT molecular complexity index is 1190. The van der Waals surface area contributed by atoms with Gasteiger partial charge in [0.2, 0.25) is 5.91 Å². The largest absolute Gasteiger partial charge is 0.418 e. The monoisotopic (exact) mass is 429 g/mol. The Kier molecular flexibility index (Phi) is 5.40. The number of fused-ring (bicyclic) bond motifs is 1. The number of thioether (sulfide) groups is 1. The molecule has 1 amide bonds. The van der Waals surface area contributed by atoms with Crippen molar-refractivity contribution in [2.45, 2.75) is 11.2 Å². The van der Waals surface area contributed by atoms with E-state index in [2.05, 4.69) is 20.6 Å². The SMILES string of the molecule is O=C(CSc1ccc2nnc(-c3ccccc3)n2n1)Nc1ccccc1C(F)(F)F. The molecule has 4 aromatic rings. The minimum atomic E-state index is -4.55. The molecule has 0 saturated carbocycles. The molecular formula is C20H14F3N5OS. The molecule has 1 N–H and O–H groups in total. The lowest BCUT2D eigenvalue weighted by Crippen LogP contribution is -2.18. The van der Waals surface area contributed by atoms with Gasteiger partial charge in [-0.15, -0.1) is 10.2 Å². The third kappa shape index (κ3) is 4.28. The van der Waals surface area contributed by atoms with Crippen molar-refractivity contribution in [2.24, 2.45) is 0 Å². The lowest BCUT2D eigenvalue weighted by atomic mass is 10.1. The van der Waals surface area contributed by atoms with Gasteiger partial charge in [-0.1, -0.05) is 54.2 Å². The molecule has 0 radical (unpaired) electrons. The van der Waals surface area contributed by atoms with Crippen LogP contribution < -0.4 is 5.32 Å². The van der Waals surface area contributed by atoms with Crippen LogP contribution in [0.4, 0.5) is 18.9 Å². The van der Waals surface area contributed by atoms with Gasteiger partial charge in [0.25, 0.3) is 0 Å². The van der Waals surface area contributed by atoms with E-state index in [0.29, 0.717) is 16.5 Å². The molecule has 0 aliphatic rings. The molecular weight excluding hydrogens is 415 g/mol. The first-order chi connectivity index (χ1) is 14.4. The Hall–Kier alpha value is -3.40. The first-order valence-electron chi connectivity index (χ1n) is 8.78. The van der Waals surface area contributed by atoms with Crippen LogP contribution in [0.2, 0.25) is 0 Å². The second-order valence-electron chi connectivity index (χ2n) is 6.21. The third-order valence-electron chi connectivity index (χ3n) is 4.13. The highest BCUT2D eigenvalue weighted by Gasteiger charge is 2.33. The van der Waals surface area contributed by atoms with Gasteiger partial charge in [-0.3, -0.25) is 4.79 Å². The van der Waals surface area contributed by atoms with Crippen LogP contribution in [0.25, 0.3) is 17.0 Å². The molecule has 0 bridgehead atoms. The fourth-order valence-corrected chi connectivity index (χ4v) is 3.44. The van der Waals surface area contributed by atoms with Crippen LogP contribution in [0, 0.1) is 0 Å². The molecule has 152 valence electrons. The number of amides is 1. The van der Waals surface area contributed by atoms with E-state index in [-0.39, 0.29) is 11.4 Å². The van der Waals surface area contributed by atoms with E-state index in [4.69, 9.17) is 0 Å². The molecule has 10 heteroatoms. The van der Waals surface area contributed by atoms with E-state index >= 15 is 0 Å². The van der Waals surface area contributed by atoms with Crippen molar-refractivity contribution < 1.29 is 18.0 Å². The smallest absolute Gasteiger partial charge is 0.325 e. The maximum atomic E-state index is 13.1. The van der Waals surface area contributed by atoms with Gasteiger partial charge in [0.15, 0.2) is 11.5 Å². The predicted molar refractivity (Wildman–Crippen MR) is 107 cm³/mol. The van der Waals surface area contributed by atoms with Gasteiger partial charge >= 0.3 is 6.18 Å². The van der Waals surface area contributed by atoms with Gasteiger partial charge in [-0.05, 0) is 24.3 Å². The molecule has 0 spiro atoms. The van der Waals surface area contributed by atoms with Crippen molar-refractivity contribution in [1.29, 1.82) is 0 Å². The molecule has 0 fully saturated rings. The van der Waals surface area contributed by atoms with Crippen molar-refractivity contribution in [3.8, 4) is 11.4 Å². The summed E-state index contributed by atoms with van der Waals surface area (Å²) in [6, 6.07) is 17.6. The maximum Gasteiger partial charge on any atom is 0.418 e. The van der Waals surface area contributed by atoms with Crippen molar-refractivity contribution in [1.82, 2.24) is 19.8 Å². The number of nitrogens with zero attached hydrogens (tertiary/aromatic N) is 4. The van der Waals surface area contributed by atoms with Crippen LogP contribution in [0.3, 0.4) is 0 Å². The van der Waals surface area contributed by atoms with E-state index in [1.807, 2.05) is 30.3 Å². The number of carbonyl (C=O) groups is 1. The first kappa shape index (κ1) is 19.9.